The largest absolute Gasteiger partial charge is 0.399 e. The number of anilines is 1. The molecular weight excluding hydrogens is 188 g/mol. The van der Waals surface area contributed by atoms with Crippen molar-refractivity contribution in [3.05, 3.63) is 24.0 Å². The molecule has 12 heavy (non-hydrogen) atoms. The lowest BCUT2D eigenvalue weighted by Crippen LogP contribution is -1.98. The number of nitrogens with two attached hydrogens (primary N) is 1. The number of halogens is 2. The van der Waals surface area contributed by atoms with Gasteiger partial charge < -0.3 is 5.73 Å². The third kappa shape index (κ3) is 1.70. The molecule has 0 aliphatic carbocycles. The number of hydrogen-bond donors (Lipinski definition) is 1. The highest BCUT2D eigenvalue weighted by molar-refractivity contribution is 7.86. The van der Waals surface area contributed by atoms with Crippen LogP contribution in [0.5, 0.6) is 0 Å². The van der Waals surface area contributed by atoms with Crippen LogP contribution in [0.15, 0.2) is 23.1 Å². The third-order valence-corrected chi connectivity index (χ3v) is 2.06. The van der Waals surface area contributed by atoms with Crippen molar-refractivity contribution in [1.82, 2.24) is 0 Å². The predicted octanol–water partition coefficient (Wildman–Crippen LogP) is 1.07. The summed E-state index contributed by atoms with van der Waals surface area (Å²) >= 11 is 0. The minimum absolute atomic E-state index is 0.00683. The van der Waals surface area contributed by atoms with Crippen molar-refractivity contribution in [3.63, 3.8) is 0 Å². The molecule has 66 valence electrons. The second-order valence-electron chi connectivity index (χ2n) is 2.13. The van der Waals surface area contributed by atoms with Gasteiger partial charge in [-0.25, -0.2) is 4.39 Å². The summed E-state index contributed by atoms with van der Waals surface area (Å²) in [5.74, 6) is -1.15. The van der Waals surface area contributed by atoms with Crippen molar-refractivity contribution in [1.29, 1.82) is 0 Å². The zero-order valence-corrected chi connectivity index (χ0v) is 6.61. The van der Waals surface area contributed by atoms with E-state index in [1.807, 2.05) is 0 Å². The maximum absolute atomic E-state index is 12.6. The molecule has 0 aromatic heterocycles. The van der Waals surface area contributed by atoms with Gasteiger partial charge in [-0.3, -0.25) is 0 Å². The maximum atomic E-state index is 12.6. The van der Waals surface area contributed by atoms with Crippen molar-refractivity contribution >= 4 is 15.9 Å². The van der Waals surface area contributed by atoms with E-state index in [1.165, 1.54) is 0 Å². The SMILES string of the molecule is Nc1ccc(F)c(S(=O)(=O)F)c1. The van der Waals surface area contributed by atoms with Gasteiger partial charge in [0.25, 0.3) is 0 Å². The summed E-state index contributed by atoms with van der Waals surface area (Å²) in [4.78, 5) is -1.03. The fourth-order valence-electron chi connectivity index (χ4n) is 0.707. The van der Waals surface area contributed by atoms with Crippen LogP contribution >= 0.6 is 0 Å². The van der Waals surface area contributed by atoms with Crippen molar-refractivity contribution in [2.75, 3.05) is 5.73 Å². The number of nitrogen functional groups attached to an aromatic ring is 1. The Labute approximate surface area is 68.0 Å². The van der Waals surface area contributed by atoms with Gasteiger partial charge in [-0.1, -0.05) is 0 Å². The Bertz CT molecular complexity index is 402. The van der Waals surface area contributed by atoms with E-state index in [0.29, 0.717) is 0 Å². The van der Waals surface area contributed by atoms with Gasteiger partial charge in [0.1, 0.15) is 10.7 Å². The predicted molar refractivity (Wildman–Crippen MR) is 39.1 cm³/mol. The summed E-state index contributed by atoms with van der Waals surface area (Å²) in [7, 11) is -5.01. The normalized spacial score (nSPS) is 11.5. The zero-order valence-electron chi connectivity index (χ0n) is 5.79. The monoisotopic (exact) mass is 193 g/mol. The highest BCUT2D eigenvalue weighted by atomic mass is 32.3. The molecule has 0 saturated heterocycles. The molecule has 0 amide bonds. The number of benzene rings is 1. The fraction of sp³-hybridized carbons (Fsp3) is 0. The van der Waals surface area contributed by atoms with Crippen molar-refractivity contribution < 1.29 is 16.7 Å². The smallest absolute Gasteiger partial charge is 0.335 e. The zero-order chi connectivity index (χ0) is 9.35. The first-order valence-electron chi connectivity index (χ1n) is 2.91. The van der Waals surface area contributed by atoms with Crippen LogP contribution in [0.3, 0.4) is 0 Å². The highest BCUT2D eigenvalue weighted by Gasteiger charge is 2.17. The molecule has 0 bridgehead atoms. The van der Waals surface area contributed by atoms with Crippen molar-refractivity contribution in [2.45, 2.75) is 4.90 Å². The summed E-state index contributed by atoms with van der Waals surface area (Å²) in [6.07, 6.45) is 0. The van der Waals surface area contributed by atoms with Gasteiger partial charge in [-0.15, -0.1) is 3.89 Å². The number of hydrogen-bond acceptors (Lipinski definition) is 3. The van der Waals surface area contributed by atoms with Gasteiger partial charge in [0, 0.05) is 5.69 Å². The van der Waals surface area contributed by atoms with E-state index in [9.17, 15) is 16.7 Å². The van der Waals surface area contributed by atoms with E-state index in [0.717, 1.165) is 18.2 Å². The van der Waals surface area contributed by atoms with Gasteiger partial charge in [0.15, 0.2) is 0 Å². The maximum Gasteiger partial charge on any atom is 0.335 e. The standard InChI is InChI=1S/C6H5F2NO2S/c7-5-2-1-4(9)3-6(5)12(8,10)11/h1-3H,9H2. The second kappa shape index (κ2) is 2.71. The summed E-state index contributed by atoms with van der Waals surface area (Å²) in [5.41, 5.74) is 5.12. The second-order valence-corrected chi connectivity index (χ2v) is 3.44. The Morgan fingerprint density at radius 3 is 2.33 bits per heavy atom. The molecule has 3 nitrogen and oxygen atoms in total. The molecule has 1 rings (SSSR count). The minimum atomic E-state index is -5.01. The van der Waals surface area contributed by atoms with Gasteiger partial charge >= 0.3 is 10.2 Å². The molecule has 0 aliphatic heterocycles. The molecule has 0 radical (unpaired) electrons. The Morgan fingerprint density at radius 2 is 1.92 bits per heavy atom. The Hall–Kier alpha value is -1.17. The molecular formula is C6H5F2NO2S. The molecule has 0 spiro atoms. The van der Waals surface area contributed by atoms with Crippen LogP contribution in [0.1, 0.15) is 0 Å². The van der Waals surface area contributed by atoms with Gasteiger partial charge in [-0.2, -0.15) is 8.42 Å². The summed E-state index contributed by atoms with van der Waals surface area (Å²) in [6, 6.07) is 2.66. The minimum Gasteiger partial charge on any atom is -0.399 e. The van der Waals surface area contributed by atoms with Gasteiger partial charge in [-0.05, 0) is 18.2 Å². The molecule has 1 aromatic rings. The lowest BCUT2D eigenvalue weighted by atomic mass is 10.3. The van der Waals surface area contributed by atoms with Crippen LogP contribution in [0.25, 0.3) is 0 Å². The summed E-state index contributed by atoms with van der Waals surface area (Å²) in [5, 5.41) is 0. The Balaban J connectivity index is 3.43. The summed E-state index contributed by atoms with van der Waals surface area (Å²) in [6.45, 7) is 0. The molecule has 0 saturated carbocycles. The van der Waals surface area contributed by atoms with Crippen LogP contribution in [0, 0.1) is 5.82 Å². The fourth-order valence-corrected chi connectivity index (χ4v) is 1.28. The van der Waals surface area contributed by atoms with Gasteiger partial charge in [0.2, 0.25) is 0 Å². The number of rotatable bonds is 1. The average Bonchev–Trinajstić information content (AvgIpc) is 1.92. The molecule has 0 aliphatic rings. The third-order valence-electron chi connectivity index (χ3n) is 1.22. The Morgan fingerprint density at radius 1 is 1.33 bits per heavy atom. The molecule has 0 unspecified atom stereocenters. The van der Waals surface area contributed by atoms with Crippen molar-refractivity contribution in [3.8, 4) is 0 Å². The van der Waals surface area contributed by atoms with E-state index in [2.05, 4.69) is 0 Å². The van der Waals surface area contributed by atoms with E-state index in [1.54, 1.807) is 0 Å². The van der Waals surface area contributed by atoms with E-state index in [-0.39, 0.29) is 5.69 Å². The van der Waals surface area contributed by atoms with Crippen LogP contribution in [-0.4, -0.2) is 8.42 Å². The van der Waals surface area contributed by atoms with E-state index < -0.39 is 20.9 Å². The first-order chi connectivity index (χ1) is 5.41. The lowest BCUT2D eigenvalue weighted by molar-refractivity contribution is 0.533. The van der Waals surface area contributed by atoms with Crippen LogP contribution in [0.4, 0.5) is 14.0 Å². The molecule has 2 N–H and O–H groups in total. The first kappa shape index (κ1) is 8.92. The van der Waals surface area contributed by atoms with E-state index >= 15 is 0 Å². The molecule has 1 aromatic carbocycles. The van der Waals surface area contributed by atoms with Crippen molar-refractivity contribution in [2.24, 2.45) is 0 Å². The Kier molecular flexibility index (Phi) is 2.01. The first-order valence-corrected chi connectivity index (χ1v) is 4.29. The van der Waals surface area contributed by atoms with E-state index in [4.69, 9.17) is 5.73 Å². The summed E-state index contributed by atoms with van der Waals surface area (Å²) < 4.78 is 45.3. The van der Waals surface area contributed by atoms with Crippen LogP contribution in [0.2, 0.25) is 0 Å². The lowest BCUT2D eigenvalue weighted by Gasteiger charge is -1.97. The molecule has 0 heterocycles. The molecule has 6 heteroatoms. The molecule has 0 atom stereocenters. The average molecular weight is 193 g/mol. The topological polar surface area (TPSA) is 60.2 Å². The van der Waals surface area contributed by atoms with Gasteiger partial charge in [0.05, 0.1) is 0 Å². The van der Waals surface area contributed by atoms with Crippen LogP contribution < -0.4 is 5.73 Å². The highest BCUT2D eigenvalue weighted by Crippen LogP contribution is 2.19. The quantitative estimate of drug-likeness (QED) is 0.536. The molecule has 0 fully saturated rings. The van der Waals surface area contributed by atoms with Crippen LogP contribution in [-0.2, 0) is 10.2 Å².